The summed E-state index contributed by atoms with van der Waals surface area (Å²) in [5, 5.41) is 3.86. The van der Waals surface area contributed by atoms with Crippen molar-refractivity contribution in [1.29, 1.82) is 0 Å². The highest BCUT2D eigenvalue weighted by Gasteiger charge is 2.31. The van der Waals surface area contributed by atoms with Gasteiger partial charge in [0.25, 0.3) is 5.91 Å². The highest BCUT2D eigenvalue weighted by atomic mass is 79.9. The number of hydrogen-bond acceptors (Lipinski definition) is 3. The van der Waals surface area contributed by atoms with E-state index in [9.17, 15) is 4.79 Å². The quantitative estimate of drug-likeness (QED) is 0.909. The number of benzene rings is 1. The van der Waals surface area contributed by atoms with Crippen molar-refractivity contribution in [3.63, 3.8) is 0 Å². The third-order valence-electron chi connectivity index (χ3n) is 3.46. The topological polar surface area (TPSA) is 68.3 Å². The summed E-state index contributed by atoms with van der Waals surface area (Å²) in [4.78, 5) is 12.1. The van der Waals surface area contributed by atoms with Gasteiger partial charge in [0.15, 0.2) is 5.76 Å². The fourth-order valence-electron chi connectivity index (χ4n) is 2.23. The van der Waals surface area contributed by atoms with Gasteiger partial charge in [-0.3, -0.25) is 4.79 Å². The lowest BCUT2D eigenvalue weighted by Gasteiger charge is -2.14. The molecule has 1 heterocycles. The number of hydrogen-bond donors (Lipinski definition) is 2. The predicted molar refractivity (Wildman–Crippen MR) is 76.9 cm³/mol. The van der Waals surface area contributed by atoms with Gasteiger partial charge in [0.1, 0.15) is 5.58 Å². The summed E-state index contributed by atoms with van der Waals surface area (Å²) in [5.74, 6) is 0.689. The number of fused-ring (bicyclic) bond motifs is 1. The molecule has 1 unspecified atom stereocenters. The first-order valence-corrected chi connectivity index (χ1v) is 7.16. The molecule has 5 heteroatoms. The summed E-state index contributed by atoms with van der Waals surface area (Å²) < 4.78 is 6.52. The van der Waals surface area contributed by atoms with Crippen LogP contribution >= 0.6 is 15.9 Å². The third kappa shape index (κ3) is 2.67. The lowest BCUT2D eigenvalue weighted by Crippen LogP contribution is -2.41. The van der Waals surface area contributed by atoms with E-state index in [1.165, 1.54) is 0 Å². The van der Waals surface area contributed by atoms with E-state index in [4.69, 9.17) is 10.2 Å². The van der Waals surface area contributed by atoms with Crippen molar-refractivity contribution in [1.82, 2.24) is 5.32 Å². The molecule has 0 aliphatic heterocycles. The average molecular weight is 323 g/mol. The highest BCUT2D eigenvalue weighted by molar-refractivity contribution is 9.10. The minimum absolute atomic E-state index is 0.0625. The van der Waals surface area contributed by atoms with Gasteiger partial charge in [-0.2, -0.15) is 0 Å². The SMILES string of the molecule is NCC(NC(=O)c1cc2cc(Br)ccc2o1)C1CC1. The first-order chi connectivity index (χ1) is 9.17. The van der Waals surface area contributed by atoms with E-state index in [2.05, 4.69) is 21.2 Å². The molecule has 3 N–H and O–H groups in total. The van der Waals surface area contributed by atoms with Gasteiger partial charge < -0.3 is 15.5 Å². The van der Waals surface area contributed by atoms with Crippen LogP contribution in [0.3, 0.4) is 0 Å². The summed E-state index contributed by atoms with van der Waals surface area (Å²) in [6.07, 6.45) is 2.30. The second-order valence-corrected chi connectivity index (χ2v) is 5.86. The maximum absolute atomic E-state index is 12.1. The normalized spacial score (nSPS) is 16.5. The molecule has 19 heavy (non-hydrogen) atoms. The second-order valence-electron chi connectivity index (χ2n) is 4.95. The number of carbonyl (C=O) groups is 1. The maximum atomic E-state index is 12.1. The van der Waals surface area contributed by atoms with Gasteiger partial charge in [0.05, 0.1) is 0 Å². The maximum Gasteiger partial charge on any atom is 0.287 e. The zero-order valence-corrected chi connectivity index (χ0v) is 11.9. The minimum Gasteiger partial charge on any atom is -0.451 e. The van der Waals surface area contributed by atoms with Crippen molar-refractivity contribution in [2.45, 2.75) is 18.9 Å². The number of furan rings is 1. The van der Waals surface area contributed by atoms with E-state index in [1.54, 1.807) is 6.07 Å². The largest absolute Gasteiger partial charge is 0.451 e. The molecule has 1 saturated carbocycles. The molecule has 4 nitrogen and oxygen atoms in total. The molecule has 100 valence electrons. The lowest BCUT2D eigenvalue weighted by molar-refractivity contribution is 0.0907. The van der Waals surface area contributed by atoms with Crippen LogP contribution in [0.25, 0.3) is 11.0 Å². The molecule has 1 atom stereocenters. The van der Waals surface area contributed by atoms with Crippen molar-refractivity contribution in [3.8, 4) is 0 Å². The molecule has 1 aliphatic carbocycles. The van der Waals surface area contributed by atoms with Crippen LogP contribution in [0.15, 0.2) is 33.2 Å². The second kappa shape index (κ2) is 4.98. The Morgan fingerprint density at radius 3 is 2.95 bits per heavy atom. The molecule has 1 aromatic heterocycles. The standard InChI is InChI=1S/C14H15BrN2O2/c15-10-3-4-12-9(5-10)6-13(19-12)14(18)17-11(7-16)8-1-2-8/h3-6,8,11H,1-2,7,16H2,(H,17,18). The lowest BCUT2D eigenvalue weighted by atomic mass is 10.2. The van der Waals surface area contributed by atoms with E-state index in [0.717, 1.165) is 22.7 Å². The van der Waals surface area contributed by atoms with Gasteiger partial charge in [-0.1, -0.05) is 15.9 Å². The van der Waals surface area contributed by atoms with E-state index in [1.807, 2.05) is 18.2 Å². The van der Waals surface area contributed by atoms with Crippen molar-refractivity contribution < 1.29 is 9.21 Å². The first kappa shape index (κ1) is 12.7. The Morgan fingerprint density at radius 2 is 2.26 bits per heavy atom. The molecule has 1 fully saturated rings. The third-order valence-corrected chi connectivity index (χ3v) is 3.96. The molecule has 0 saturated heterocycles. The molecule has 0 spiro atoms. The molecular weight excluding hydrogens is 308 g/mol. The van der Waals surface area contributed by atoms with Crippen molar-refractivity contribution in [3.05, 3.63) is 34.5 Å². The van der Waals surface area contributed by atoms with Gasteiger partial charge in [0, 0.05) is 22.4 Å². The highest BCUT2D eigenvalue weighted by Crippen LogP contribution is 2.32. The molecule has 1 aliphatic rings. The van der Waals surface area contributed by atoms with Gasteiger partial charge in [0.2, 0.25) is 0 Å². The summed E-state index contributed by atoms with van der Waals surface area (Å²) in [6, 6.07) is 7.48. The Bertz CT molecular complexity index is 619. The van der Waals surface area contributed by atoms with Gasteiger partial charge in [-0.25, -0.2) is 0 Å². The zero-order chi connectivity index (χ0) is 13.4. The summed E-state index contributed by atoms with van der Waals surface area (Å²) in [7, 11) is 0. The van der Waals surface area contributed by atoms with Crippen molar-refractivity contribution in [2.24, 2.45) is 11.7 Å². The van der Waals surface area contributed by atoms with Crippen LogP contribution < -0.4 is 11.1 Å². The van der Waals surface area contributed by atoms with E-state index < -0.39 is 0 Å². The Labute approximate surface area is 119 Å². The number of amides is 1. The van der Waals surface area contributed by atoms with E-state index in [0.29, 0.717) is 23.8 Å². The van der Waals surface area contributed by atoms with Gasteiger partial charge >= 0.3 is 0 Å². The predicted octanol–water partition coefficient (Wildman–Crippen LogP) is 2.66. The Hall–Kier alpha value is -1.33. The molecule has 0 radical (unpaired) electrons. The smallest absolute Gasteiger partial charge is 0.287 e. The van der Waals surface area contributed by atoms with E-state index in [-0.39, 0.29) is 11.9 Å². The fraction of sp³-hybridized carbons (Fsp3) is 0.357. The summed E-state index contributed by atoms with van der Waals surface area (Å²) >= 11 is 3.40. The molecular formula is C14H15BrN2O2. The first-order valence-electron chi connectivity index (χ1n) is 6.37. The average Bonchev–Trinajstić information content (AvgIpc) is 3.15. The van der Waals surface area contributed by atoms with Crippen LogP contribution in [0.5, 0.6) is 0 Å². The molecule has 1 aromatic carbocycles. The Kier molecular flexibility index (Phi) is 3.33. The summed E-state index contributed by atoms with van der Waals surface area (Å²) in [5.41, 5.74) is 6.40. The van der Waals surface area contributed by atoms with Crippen molar-refractivity contribution >= 4 is 32.8 Å². The monoisotopic (exact) mass is 322 g/mol. The fourth-order valence-corrected chi connectivity index (χ4v) is 2.61. The molecule has 2 aromatic rings. The minimum atomic E-state index is -0.185. The van der Waals surface area contributed by atoms with Crippen molar-refractivity contribution in [2.75, 3.05) is 6.54 Å². The molecule has 0 bridgehead atoms. The number of rotatable bonds is 4. The van der Waals surface area contributed by atoms with Crippen LogP contribution in [0.4, 0.5) is 0 Å². The van der Waals surface area contributed by atoms with Crippen LogP contribution in [-0.2, 0) is 0 Å². The van der Waals surface area contributed by atoms with Crippen LogP contribution in [0.2, 0.25) is 0 Å². The van der Waals surface area contributed by atoms with Crippen LogP contribution in [0, 0.1) is 5.92 Å². The Morgan fingerprint density at radius 1 is 1.47 bits per heavy atom. The van der Waals surface area contributed by atoms with Crippen LogP contribution in [0.1, 0.15) is 23.4 Å². The number of nitrogens with one attached hydrogen (secondary N) is 1. The molecule has 1 amide bonds. The number of nitrogens with two attached hydrogens (primary N) is 1. The van der Waals surface area contributed by atoms with Gasteiger partial charge in [-0.15, -0.1) is 0 Å². The Balaban J connectivity index is 1.80. The molecule has 3 rings (SSSR count). The van der Waals surface area contributed by atoms with Crippen LogP contribution in [-0.4, -0.2) is 18.5 Å². The number of carbonyl (C=O) groups excluding carboxylic acids is 1. The van der Waals surface area contributed by atoms with E-state index >= 15 is 0 Å². The number of halogens is 1. The summed E-state index contributed by atoms with van der Waals surface area (Å²) in [6.45, 7) is 0.474. The zero-order valence-electron chi connectivity index (χ0n) is 10.4. The van der Waals surface area contributed by atoms with Gasteiger partial charge in [-0.05, 0) is 43.0 Å².